The molecule has 0 radical (unpaired) electrons. The van der Waals surface area contributed by atoms with Gasteiger partial charge in [-0.25, -0.2) is 13.4 Å². The maximum absolute atomic E-state index is 13.6. The van der Waals surface area contributed by atoms with Crippen molar-refractivity contribution in [3.05, 3.63) is 63.8 Å². The zero-order valence-electron chi connectivity index (χ0n) is 25.8. The smallest absolute Gasteiger partial charge is 0.243 e. The first-order chi connectivity index (χ1) is 21.4. The van der Waals surface area contributed by atoms with Crippen LogP contribution in [-0.4, -0.2) is 91.3 Å². The molecular formula is C32H39Cl2N5O5S. The van der Waals surface area contributed by atoms with Crippen LogP contribution in [0.3, 0.4) is 0 Å². The van der Waals surface area contributed by atoms with Gasteiger partial charge in [0.05, 0.1) is 11.6 Å². The lowest BCUT2D eigenvalue weighted by molar-refractivity contribution is -0.143. The summed E-state index contributed by atoms with van der Waals surface area (Å²) < 4.78 is 35.8. The zero-order chi connectivity index (χ0) is 32.4. The largest absolute Gasteiger partial charge is 0.487 e. The summed E-state index contributed by atoms with van der Waals surface area (Å²) in [5, 5.41) is 1.04. The average molecular weight is 677 g/mol. The van der Waals surface area contributed by atoms with Gasteiger partial charge in [-0.1, -0.05) is 47.8 Å². The first-order valence-corrected chi connectivity index (χ1v) is 17.4. The highest BCUT2D eigenvalue weighted by atomic mass is 35.5. The molecule has 0 aliphatic carbocycles. The van der Waals surface area contributed by atoms with Gasteiger partial charge >= 0.3 is 0 Å². The monoisotopic (exact) mass is 675 g/mol. The summed E-state index contributed by atoms with van der Waals surface area (Å²) in [6, 6.07) is 12.2. The number of para-hydroxylation sites is 1. The summed E-state index contributed by atoms with van der Waals surface area (Å²) in [6.07, 6.45) is 3.42. The van der Waals surface area contributed by atoms with Crippen LogP contribution in [0.4, 0.5) is 0 Å². The van der Waals surface area contributed by atoms with E-state index in [-0.39, 0.29) is 33.4 Å². The van der Waals surface area contributed by atoms with Crippen molar-refractivity contribution in [1.82, 2.24) is 24.4 Å². The molecule has 13 heteroatoms. The van der Waals surface area contributed by atoms with Crippen LogP contribution < -0.4 is 9.46 Å². The van der Waals surface area contributed by atoms with E-state index < -0.39 is 15.6 Å². The number of aryl methyl sites for hydroxylation is 1. The average Bonchev–Trinajstić information content (AvgIpc) is 3.00. The number of nitrogens with one attached hydrogen (secondary N) is 1. The van der Waals surface area contributed by atoms with E-state index in [2.05, 4.69) is 14.6 Å². The molecule has 2 aliphatic rings. The van der Waals surface area contributed by atoms with Gasteiger partial charge in [-0.2, -0.15) is 4.72 Å². The number of hydrogen-bond acceptors (Lipinski definition) is 7. The summed E-state index contributed by atoms with van der Waals surface area (Å²) >= 11 is 13.1. The van der Waals surface area contributed by atoms with Crippen molar-refractivity contribution in [2.75, 3.05) is 45.8 Å². The third kappa shape index (κ3) is 7.72. The van der Waals surface area contributed by atoms with Crippen molar-refractivity contribution in [2.45, 2.75) is 57.1 Å². The number of sulfonamides is 1. The second kappa shape index (κ2) is 13.8. The Hall–Kier alpha value is -2.96. The van der Waals surface area contributed by atoms with Gasteiger partial charge in [-0.3, -0.25) is 14.5 Å². The van der Waals surface area contributed by atoms with E-state index in [1.807, 2.05) is 31.2 Å². The maximum Gasteiger partial charge on any atom is 0.243 e. The van der Waals surface area contributed by atoms with E-state index in [0.29, 0.717) is 49.6 Å². The van der Waals surface area contributed by atoms with Gasteiger partial charge in [0.15, 0.2) is 0 Å². The first-order valence-electron chi connectivity index (χ1n) is 15.2. The second-order valence-electron chi connectivity index (χ2n) is 12.1. The number of amides is 2. The Morgan fingerprint density at radius 2 is 1.62 bits per heavy atom. The Balaban J connectivity index is 1.24. The Morgan fingerprint density at radius 1 is 0.933 bits per heavy atom. The molecule has 1 N–H and O–H groups in total. The Kier molecular flexibility index (Phi) is 10.2. The summed E-state index contributed by atoms with van der Waals surface area (Å²) in [5.41, 5.74) is 0.308. The van der Waals surface area contributed by atoms with Crippen molar-refractivity contribution in [3.8, 4) is 5.75 Å². The number of fused-ring (bicyclic) bond motifs is 1. The molecule has 0 unspecified atom stereocenters. The fourth-order valence-electron chi connectivity index (χ4n) is 5.80. The van der Waals surface area contributed by atoms with Gasteiger partial charge in [-0.15, -0.1) is 0 Å². The van der Waals surface area contributed by atoms with Crippen molar-refractivity contribution < 1.29 is 22.7 Å². The van der Waals surface area contributed by atoms with E-state index in [0.717, 1.165) is 37.0 Å². The Morgan fingerprint density at radius 3 is 2.33 bits per heavy atom. The Bertz CT molecular complexity index is 1690. The molecule has 45 heavy (non-hydrogen) atoms. The number of carbonyl (C=O) groups is 2. The molecular weight excluding hydrogens is 637 g/mol. The van der Waals surface area contributed by atoms with Crippen molar-refractivity contribution in [3.63, 3.8) is 0 Å². The molecule has 10 nitrogen and oxygen atoms in total. The van der Waals surface area contributed by atoms with Gasteiger partial charge in [0, 0.05) is 47.8 Å². The number of hydrogen-bond donors (Lipinski definition) is 1. The molecule has 3 aromatic rings. The quantitative estimate of drug-likeness (QED) is 0.352. The van der Waals surface area contributed by atoms with Crippen molar-refractivity contribution in [2.24, 2.45) is 0 Å². The summed E-state index contributed by atoms with van der Waals surface area (Å²) in [4.78, 5) is 36.3. The molecule has 2 aromatic carbocycles. The number of carbonyl (C=O) groups excluding carboxylic acids is 2. The molecule has 3 heterocycles. The maximum atomic E-state index is 13.6. The highest BCUT2D eigenvalue weighted by Gasteiger charge is 2.39. The van der Waals surface area contributed by atoms with Crippen LogP contribution in [0.15, 0.2) is 47.4 Å². The lowest BCUT2D eigenvalue weighted by Crippen LogP contribution is -2.60. The van der Waals surface area contributed by atoms with Crippen LogP contribution in [0.2, 0.25) is 10.0 Å². The molecule has 242 valence electrons. The number of ether oxygens (including phenoxy) is 1. The minimum atomic E-state index is -4.26. The second-order valence-corrected chi connectivity index (χ2v) is 14.6. The summed E-state index contributed by atoms with van der Waals surface area (Å²) in [6.45, 7) is 8.54. The number of likely N-dealkylation sites (tertiary alicyclic amines) is 1. The van der Waals surface area contributed by atoms with Crippen LogP contribution >= 0.6 is 23.2 Å². The number of nitrogens with zero attached hydrogens (tertiary/aromatic N) is 4. The molecule has 5 rings (SSSR count). The molecule has 0 saturated carbocycles. The zero-order valence-corrected chi connectivity index (χ0v) is 28.1. The minimum absolute atomic E-state index is 0.0629. The molecule has 0 atom stereocenters. The summed E-state index contributed by atoms with van der Waals surface area (Å²) in [7, 11) is -4.26. The van der Waals surface area contributed by atoms with E-state index >= 15 is 0 Å². The van der Waals surface area contributed by atoms with Crippen LogP contribution in [0.5, 0.6) is 5.75 Å². The number of aromatic nitrogens is 1. The number of piperazine rings is 1. The van der Waals surface area contributed by atoms with E-state index in [1.165, 1.54) is 32.4 Å². The standard InChI is InChI=1S/C32H39Cl2N5O5S/c1-22-10-11-23-8-7-9-26(30(23)35-22)44-21-24-25(33)12-13-27(29(24)34)45(42,43)36-32(2,3)31(41)39-18-16-38(17-19-39)28(40)20-37-14-5-4-6-15-37/h7-13,36H,4-6,14-21H2,1-3H3. The number of benzene rings is 2. The van der Waals surface area contributed by atoms with Gasteiger partial charge < -0.3 is 14.5 Å². The van der Waals surface area contributed by atoms with Gasteiger partial charge in [-0.05, 0) is 71.0 Å². The fraction of sp³-hybridized carbons (Fsp3) is 0.469. The topological polar surface area (TPSA) is 112 Å². The molecule has 2 amide bonds. The molecule has 0 bridgehead atoms. The van der Waals surface area contributed by atoms with Gasteiger partial charge in [0.2, 0.25) is 21.8 Å². The Labute approximate surface area is 274 Å². The van der Waals surface area contributed by atoms with Crippen molar-refractivity contribution >= 4 is 55.9 Å². The fourth-order valence-corrected chi connectivity index (χ4v) is 8.06. The van der Waals surface area contributed by atoms with E-state index in [4.69, 9.17) is 27.9 Å². The predicted octanol–water partition coefficient (Wildman–Crippen LogP) is 4.64. The van der Waals surface area contributed by atoms with E-state index in [9.17, 15) is 18.0 Å². The van der Waals surface area contributed by atoms with Gasteiger partial charge in [0.1, 0.15) is 28.3 Å². The predicted molar refractivity (Wildman–Crippen MR) is 175 cm³/mol. The highest BCUT2D eigenvalue weighted by molar-refractivity contribution is 7.89. The molecule has 2 fully saturated rings. The molecule has 1 aromatic heterocycles. The first kappa shape index (κ1) is 33.4. The van der Waals surface area contributed by atoms with Gasteiger partial charge in [0.25, 0.3) is 0 Å². The summed E-state index contributed by atoms with van der Waals surface area (Å²) in [5.74, 6) is 0.185. The third-order valence-electron chi connectivity index (χ3n) is 8.29. The number of halogens is 2. The number of piperidine rings is 1. The van der Waals surface area contributed by atoms with Crippen LogP contribution in [0, 0.1) is 6.92 Å². The van der Waals surface area contributed by atoms with E-state index in [1.54, 1.807) is 15.9 Å². The highest BCUT2D eigenvalue weighted by Crippen LogP contribution is 2.34. The lowest BCUT2D eigenvalue weighted by Gasteiger charge is -2.39. The minimum Gasteiger partial charge on any atom is -0.487 e. The third-order valence-corrected chi connectivity index (χ3v) is 10.9. The number of pyridine rings is 1. The SMILES string of the molecule is Cc1ccc2cccc(OCc3c(Cl)ccc(S(=O)(=O)NC(C)(C)C(=O)N4CCN(C(=O)CN5CCCCC5)CC4)c3Cl)c2n1. The molecule has 0 spiro atoms. The molecule has 2 saturated heterocycles. The molecule has 2 aliphatic heterocycles. The number of rotatable bonds is 9. The van der Waals surface area contributed by atoms with Crippen LogP contribution in [0.25, 0.3) is 10.9 Å². The van der Waals surface area contributed by atoms with Crippen LogP contribution in [0.1, 0.15) is 44.4 Å². The normalized spacial score (nSPS) is 16.6. The van der Waals surface area contributed by atoms with Crippen molar-refractivity contribution in [1.29, 1.82) is 0 Å². The lowest BCUT2D eigenvalue weighted by atomic mass is 10.0. The van der Waals surface area contributed by atoms with Crippen LogP contribution in [-0.2, 0) is 26.2 Å².